The predicted molar refractivity (Wildman–Crippen MR) is 86.0 cm³/mol. The highest BCUT2D eigenvalue weighted by atomic mass is 16.1. The number of anilines is 1. The molecule has 2 heterocycles. The topological polar surface area (TPSA) is 36.8 Å². The molecular formula is C17H23N3O. The van der Waals surface area contributed by atoms with Gasteiger partial charge in [-0.05, 0) is 56.9 Å². The minimum atomic E-state index is -0.0172. The molecule has 1 aliphatic carbocycles. The maximum Gasteiger partial charge on any atom is 0.252 e. The van der Waals surface area contributed by atoms with Crippen LogP contribution in [0.2, 0.25) is 0 Å². The second-order valence-corrected chi connectivity index (χ2v) is 6.36. The van der Waals surface area contributed by atoms with E-state index in [-0.39, 0.29) is 11.9 Å². The summed E-state index contributed by atoms with van der Waals surface area (Å²) in [4.78, 5) is 14.4. The summed E-state index contributed by atoms with van der Waals surface area (Å²) in [5.41, 5.74) is 1.82. The molecular weight excluding hydrogens is 262 g/mol. The number of carbonyl (C=O) groups excluding carboxylic acids is 1. The maximum atomic E-state index is 12.2. The Morgan fingerprint density at radius 3 is 2.71 bits per heavy atom. The third-order valence-corrected chi connectivity index (χ3v) is 3.93. The van der Waals surface area contributed by atoms with E-state index in [0.29, 0.717) is 5.56 Å². The van der Waals surface area contributed by atoms with Crippen molar-refractivity contribution in [3.8, 4) is 0 Å². The predicted octanol–water partition coefficient (Wildman–Crippen LogP) is 2.92. The number of fused-ring (bicyclic) bond motifs is 1. The second-order valence-electron chi connectivity index (χ2n) is 6.36. The number of amides is 1. The number of pyridine rings is 1. The number of hydrogen-bond donors (Lipinski definition) is 1. The molecule has 0 radical (unpaired) electrons. The van der Waals surface area contributed by atoms with Crippen LogP contribution in [0.15, 0.2) is 30.5 Å². The summed E-state index contributed by atoms with van der Waals surface area (Å²) in [5.74, 6) is 1.97. The summed E-state index contributed by atoms with van der Waals surface area (Å²) in [6.07, 6.45) is 4.62. The molecule has 112 valence electrons. The van der Waals surface area contributed by atoms with Gasteiger partial charge < -0.3 is 14.6 Å². The minimum Gasteiger partial charge on any atom is -0.361 e. The summed E-state index contributed by atoms with van der Waals surface area (Å²) in [6.45, 7) is 5.04. The molecule has 0 spiro atoms. The van der Waals surface area contributed by atoms with Gasteiger partial charge in [0.25, 0.3) is 5.91 Å². The normalized spacial score (nSPS) is 14.7. The van der Waals surface area contributed by atoms with Gasteiger partial charge in [0, 0.05) is 31.3 Å². The summed E-state index contributed by atoms with van der Waals surface area (Å²) in [7, 11) is 2.13. The van der Waals surface area contributed by atoms with Crippen molar-refractivity contribution in [2.45, 2.75) is 32.7 Å². The van der Waals surface area contributed by atoms with Crippen LogP contribution < -0.4 is 10.2 Å². The highest BCUT2D eigenvalue weighted by molar-refractivity contribution is 5.94. The monoisotopic (exact) mass is 285 g/mol. The van der Waals surface area contributed by atoms with Crippen molar-refractivity contribution in [3.63, 3.8) is 0 Å². The molecule has 3 rings (SSSR count). The fourth-order valence-corrected chi connectivity index (χ4v) is 2.66. The molecule has 1 aliphatic rings. The maximum absolute atomic E-state index is 12.2. The quantitative estimate of drug-likeness (QED) is 0.917. The van der Waals surface area contributed by atoms with Gasteiger partial charge in [-0.1, -0.05) is 0 Å². The van der Waals surface area contributed by atoms with Crippen LogP contribution in [0.3, 0.4) is 0 Å². The molecule has 4 heteroatoms. The molecule has 0 bridgehead atoms. The van der Waals surface area contributed by atoms with Crippen molar-refractivity contribution in [2.75, 3.05) is 18.5 Å². The van der Waals surface area contributed by atoms with Gasteiger partial charge in [0.05, 0.1) is 5.56 Å². The highest BCUT2D eigenvalue weighted by Crippen LogP contribution is 2.31. The van der Waals surface area contributed by atoms with Crippen LogP contribution >= 0.6 is 0 Å². The molecule has 0 aromatic carbocycles. The van der Waals surface area contributed by atoms with Gasteiger partial charge in [0.2, 0.25) is 0 Å². The first-order valence-corrected chi connectivity index (χ1v) is 7.67. The first-order valence-electron chi connectivity index (χ1n) is 7.67. The van der Waals surface area contributed by atoms with E-state index in [9.17, 15) is 4.79 Å². The van der Waals surface area contributed by atoms with Crippen LogP contribution in [0.5, 0.6) is 0 Å². The molecule has 0 saturated heterocycles. The number of aromatic nitrogens is 1. The Hall–Kier alpha value is -1.97. The zero-order valence-electron chi connectivity index (χ0n) is 13.0. The van der Waals surface area contributed by atoms with Gasteiger partial charge in [-0.3, -0.25) is 4.79 Å². The summed E-state index contributed by atoms with van der Waals surface area (Å²) >= 11 is 0. The molecule has 0 atom stereocenters. The molecule has 0 aliphatic heterocycles. The Morgan fingerprint density at radius 2 is 2.05 bits per heavy atom. The minimum absolute atomic E-state index is 0.0172. The van der Waals surface area contributed by atoms with Crippen LogP contribution in [-0.4, -0.2) is 29.9 Å². The second kappa shape index (κ2) is 5.43. The fourth-order valence-electron chi connectivity index (χ4n) is 2.66. The Labute approximate surface area is 125 Å². The lowest BCUT2D eigenvalue weighted by molar-refractivity contribution is 0.0942. The van der Waals surface area contributed by atoms with Gasteiger partial charge >= 0.3 is 0 Å². The van der Waals surface area contributed by atoms with E-state index < -0.39 is 0 Å². The molecule has 0 unspecified atom stereocenters. The lowest BCUT2D eigenvalue weighted by atomic mass is 10.2. The molecule has 1 saturated carbocycles. The third-order valence-electron chi connectivity index (χ3n) is 3.93. The molecule has 21 heavy (non-hydrogen) atoms. The Kier molecular flexibility index (Phi) is 3.62. The van der Waals surface area contributed by atoms with Crippen molar-refractivity contribution < 1.29 is 4.79 Å². The molecule has 4 nitrogen and oxygen atoms in total. The lowest BCUT2D eigenvalue weighted by Gasteiger charge is -2.19. The van der Waals surface area contributed by atoms with Gasteiger partial charge in [-0.25, -0.2) is 0 Å². The van der Waals surface area contributed by atoms with E-state index in [1.807, 2.05) is 32.2 Å². The first-order chi connectivity index (χ1) is 10.0. The Balaban J connectivity index is 1.89. The van der Waals surface area contributed by atoms with Crippen molar-refractivity contribution in [2.24, 2.45) is 5.92 Å². The van der Waals surface area contributed by atoms with E-state index >= 15 is 0 Å². The first kappa shape index (κ1) is 14.0. The smallest absolute Gasteiger partial charge is 0.252 e. The Bertz CT molecular complexity index is 655. The highest BCUT2D eigenvalue weighted by Gasteiger charge is 2.23. The van der Waals surface area contributed by atoms with Crippen LogP contribution in [0, 0.1) is 5.92 Å². The van der Waals surface area contributed by atoms with Crippen LogP contribution in [0.25, 0.3) is 5.52 Å². The van der Waals surface area contributed by atoms with Crippen molar-refractivity contribution in [1.29, 1.82) is 0 Å². The summed E-state index contributed by atoms with van der Waals surface area (Å²) in [5, 5.41) is 2.94. The molecule has 2 aromatic rings. The van der Waals surface area contributed by atoms with Crippen LogP contribution in [0.1, 0.15) is 37.0 Å². The van der Waals surface area contributed by atoms with Crippen molar-refractivity contribution >= 4 is 17.2 Å². The summed E-state index contributed by atoms with van der Waals surface area (Å²) < 4.78 is 2.11. The molecule has 1 fully saturated rings. The average molecular weight is 285 g/mol. The van der Waals surface area contributed by atoms with Crippen LogP contribution in [-0.2, 0) is 0 Å². The number of hydrogen-bond acceptors (Lipinski definition) is 2. The SMILES string of the molecule is CC(C)NC(=O)c1ccc2ccc(N(C)CC3CC3)n2c1. The van der Waals surface area contributed by atoms with E-state index in [2.05, 4.69) is 33.8 Å². The Morgan fingerprint density at radius 1 is 1.33 bits per heavy atom. The number of nitrogens with zero attached hydrogens (tertiary/aromatic N) is 2. The number of rotatable bonds is 5. The van der Waals surface area contributed by atoms with Gasteiger partial charge in [0.1, 0.15) is 5.82 Å². The zero-order chi connectivity index (χ0) is 15.0. The summed E-state index contributed by atoms with van der Waals surface area (Å²) in [6, 6.07) is 8.27. The van der Waals surface area contributed by atoms with Gasteiger partial charge in [-0.15, -0.1) is 0 Å². The molecule has 2 aromatic heterocycles. The standard InChI is InChI=1S/C17H23N3O/c1-12(2)18-17(21)14-6-7-15-8-9-16(20(15)11-14)19(3)10-13-4-5-13/h6-9,11-13H,4-5,10H2,1-3H3,(H,18,21). The van der Waals surface area contributed by atoms with E-state index in [1.54, 1.807) is 0 Å². The van der Waals surface area contributed by atoms with Gasteiger partial charge in [-0.2, -0.15) is 0 Å². The molecule has 1 amide bonds. The van der Waals surface area contributed by atoms with E-state index in [4.69, 9.17) is 0 Å². The lowest BCUT2D eigenvalue weighted by Crippen LogP contribution is -2.30. The van der Waals surface area contributed by atoms with E-state index in [1.165, 1.54) is 12.8 Å². The van der Waals surface area contributed by atoms with Crippen molar-refractivity contribution in [3.05, 3.63) is 36.0 Å². The van der Waals surface area contributed by atoms with Gasteiger partial charge in [0.15, 0.2) is 0 Å². The largest absolute Gasteiger partial charge is 0.361 e. The number of carbonyl (C=O) groups is 1. The van der Waals surface area contributed by atoms with E-state index in [0.717, 1.165) is 23.8 Å². The number of nitrogens with one attached hydrogen (secondary N) is 1. The third kappa shape index (κ3) is 3.04. The average Bonchev–Trinajstić information content (AvgIpc) is 3.14. The van der Waals surface area contributed by atoms with Crippen LogP contribution in [0.4, 0.5) is 5.82 Å². The fraction of sp³-hybridized carbons (Fsp3) is 0.471. The molecule has 1 N–H and O–H groups in total. The zero-order valence-corrected chi connectivity index (χ0v) is 13.0. The van der Waals surface area contributed by atoms with Crippen molar-refractivity contribution in [1.82, 2.24) is 9.72 Å².